The molecule has 51 heavy (non-hydrogen) atoms. The SMILES string of the molecule is N#Cc1ccc2c(c1)c1ccccc1n2-c1ccc(-c2nc(-c3ccc(-c4ccccc4)cc3)nc(-c3ccc(-c4ccccc4)cc3)n2)cc1. The van der Waals surface area contributed by atoms with Crippen LogP contribution in [0.3, 0.4) is 0 Å². The standard InChI is InChI=1S/C46H29N5/c47-30-31-15-28-43-41(29-31)40-13-7-8-14-42(40)51(43)39-26-24-38(25-27-39)46-49-44(36-20-16-34(17-21-36)32-9-3-1-4-10-32)48-45(50-46)37-22-18-35(19-23-37)33-11-5-2-6-12-33/h1-29H. The highest BCUT2D eigenvalue weighted by atomic mass is 15.0. The normalized spacial score (nSPS) is 11.1. The van der Waals surface area contributed by atoms with Crippen molar-refractivity contribution in [3.8, 4) is 68.2 Å². The molecule has 0 atom stereocenters. The molecule has 238 valence electrons. The van der Waals surface area contributed by atoms with Crippen molar-refractivity contribution in [2.45, 2.75) is 0 Å². The van der Waals surface area contributed by atoms with E-state index in [0.29, 0.717) is 23.0 Å². The highest BCUT2D eigenvalue weighted by Crippen LogP contribution is 2.34. The minimum Gasteiger partial charge on any atom is -0.309 e. The first-order chi connectivity index (χ1) is 25.2. The minimum atomic E-state index is 0.599. The molecule has 0 radical (unpaired) electrons. The lowest BCUT2D eigenvalue weighted by Gasteiger charge is -2.11. The fourth-order valence-electron chi connectivity index (χ4n) is 6.73. The van der Waals surface area contributed by atoms with Gasteiger partial charge < -0.3 is 4.57 Å². The van der Waals surface area contributed by atoms with Crippen molar-refractivity contribution in [3.63, 3.8) is 0 Å². The van der Waals surface area contributed by atoms with E-state index >= 15 is 0 Å². The van der Waals surface area contributed by atoms with Crippen LogP contribution in [0.2, 0.25) is 0 Å². The summed E-state index contributed by atoms with van der Waals surface area (Å²) in [6.07, 6.45) is 0. The lowest BCUT2D eigenvalue weighted by molar-refractivity contribution is 1.07. The molecule has 7 aromatic carbocycles. The summed E-state index contributed by atoms with van der Waals surface area (Å²) in [6.45, 7) is 0. The number of nitriles is 1. The van der Waals surface area contributed by atoms with E-state index in [1.165, 1.54) is 0 Å². The fraction of sp³-hybridized carbons (Fsp3) is 0. The highest BCUT2D eigenvalue weighted by Gasteiger charge is 2.16. The maximum atomic E-state index is 9.56. The Labute approximate surface area is 295 Å². The summed E-state index contributed by atoms with van der Waals surface area (Å²) >= 11 is 0. The van der Waals surface area contributed by atoms with Crippen LogP contribution in [0.15, 0.2) is 176 Å². The van der Waals surface area contributed by atoms with Gasteiger partial charge in [-0.2, -0.15) is 5.26 Å². The molecule has 5 heteroatoms. The summed E-state index contributed by atoms with van der Waals surface area (Å²) in [6, 6.07) is 62.3. The topological polar surface area (TPSA) is 67.4 Å². The largest absolute Gasteiger partial charge is 0.309 e. The number of benzene rings is 7. The molecular weight excluding hydrogens is 623 g/mol. The summed E-state index contributed by atoms with van der Waals surface area (Å²) in [5, 5.41) is 11.7. The predicted octanol–water partition coefficient (Wildman–Crippen LogP) is 11.2. The van der Waals surface area contributed by atoms with E-state index < -0.39 is 0 Å². The summed E-state index contributed by atoms with van der Waals surface area (Å²) in [5.41, 5.74) is 11.1. The number of aromatic nitrogens is 4. The average Bonchev–Trinajstić information content (AvgIpc) is 3.55. The second-order valence-corrected chi connectivity index (χ2v) is 12.4. The Morgan fingerprint density at radius 3 is 1.29 bits per heavy atom. The van der Waals surface area contributed by atoms with Gasteiger partial charge in [0.05, 0.1) is 22.7 Å². The summed E-state index contributed by atoms with van der Waals surface area (Å²) in [4.78, 5) is 15.0. The number of para-hydroxylation sites is 1. The van der Waals surface area contributed by atoms with Crippen molar-refractivity contribution in [3.05, 3.63) is 181 Å². The molecule has 0 unspecified atom stereocenters. The van der Waals surface area contributed by atoms with Gasteiger partial charge in [-0.05, 0) is 70.8 Å². The van der Waals surface area contributed by atoms with Crippen LogP contribution in [-0.4, -0.2) is 19.5 Å². The first kappa shape index (κ1) is 29.9. The van der Waals surface area contributed by atoms with Crippen LogP contribution >= 0.6 is 0 Å². The van der Waals surface area contributed by atoms with E-state index in [0.717, 1.165) is 66.4 Å². The predicted molar refractivity (Wildman–Crippen MR) is 206 cm³/mol. The third kappa shape index (κ3) is 5.61. The molecule has 0 aliphatic rings. The van der Waals surface area contributed by atoms with Gasteiger partial charge in [0.1, 0.15) is 0 Å². The van der Waals surface area contributed by atoms with E-state index in [1.54, 1.807) is 0 Å². The molecule has 9 aromatic rings. The molecule has 0 aliphatic heterocycles. The lowest BCUT2D eigenvalue weighted by Crippen LogP contribution is -2.00. The number of nitrogens with zero attached hydrogens (tertiary/aromatic N) is 5. The second kappa shape index (κ2) is 12.7. The molecule has 2 heterocycles. The van der Waals surface area contributed by atoms with Gasteiger partial charge >= 0.3 is 0 Å². The molecule has 0 spiro atoms. The minimum absolute atomic E-state index is 0.599. The molecule has 0 fully saturated rings. The van der Waals surface area contributed by atoms with Gasteiger partial charge in [0.25, 0.3) is 0 Å². The number of hydrogen-bond acceptors (Lipinski definition) is 4. The van der Waals surface area contributed by atoms with Gasteiger partial charge in [-0.15, -0.1) is 0 Å². The first-order valence-corrected chi connectivity index (χ1v) is 16.8. The van der Waals surface area contributed by atoms with Crippen LogP contribution in [0.5, 0.6) is 0 Å². The van der Waals surface area contributed by atoms with E-state index in [-0.39, 0.29) is 0 Å². The van der Waals surface area contributed by atoms with Crippen molar-refractivity contribution in [1.29, 1.82) is 5.26 Å². The molecule has 0 aliphatic carbocycles. The number of fused-ring (bicyclic) bond motifs is 3. The Bertz CT molecular complexity index is 2610. The molecule has 0 amide bonds. The van der Waals surface area contributed by atoms with E-state index in [4.69, 9.17) is 15.0 Å². The maximum absolute atomic E-state index is 9.56. The smallest absolute Gasteiger partial charge is 0.164 e. The van der Waals surface area contributed by atoms with Crippen LogP contribution in [0, 0.1) is 11.3 Å². The third-order valence-electron chi connectivity index (χ3n) is 9.32. The van der Waals surface area contributed by atoms with Crippen molar-refractivity contribution < 1.29 is 0 Å². The van der Waals surface area contributed by atoms with Crippen LogP contribution in [-0.2, 0) is 0 Å². The van der Waals surface area contributed by atoms with E-state index in [2.05, 4.69) is 120 Å². The molecule has 0 saturated heterocycles. The van der Waals surface area contributed by atoms with Crippen molar-refractivity contribution in [2.24, 2.45) is 0 Å². The Hall–Kier alpha value is -7.16. The zero-order chi connectivity index (χ0) is 34.1. The molecule has 0 N–H and O–H groups in total. The lowest BCUT2D eigenvalue weighted by atomic mass is 10.0. The van der Waals surface area contributed by atoms with Crippen LogP contribution in [0.25, 0.3) is 83.9 Å². The second-order valence-electron chi connectivity index (χ2n) is 12.4. The van der Waals surface area contributed by atoms with Gasteiger partial charge in [0.2, 0.25) is 0 Å². The van der Waals surface area contributed by atoms with Gasteiger partial charge in [-0.1, -0.05) is 127 Å². The first-order valence-electron chi connectivity index (χ1n) is 16.8. The van der Waals surface area contributed by atoms with Gasteiger partial charge in [-0.3, -0.25) is 0 Å². The quantitative estimate of drug-likeness (QED) is 0.179. The van der Waals surface area contributed by atoms with Crippen LogP contribution in [0.1, 0.15) is 5.56 Å². The summed E-state index contributed by atoms with van der Waals surface area (Å²) < 4.78 is 2.24. The Morgan fingerprint density at radius 2 is 0.784 bits per heavy atom. The average molecular weight is 652 g/mol. The monoisotopic (exact) mass is 651 g/mol. The summed E-state index contributed by atoms with van der Waals surface area (Å²) in [5.74, 6) is 1.82. The number of hydrogen-bond donors (Lipinski definition) is 0. The van der Waals surface area contributed by atoms with Crippen molar-refractivity contribution in [2.75, 3.05) is 0 Å². The highest BCUT2D eigenvalue weighted by molar-refractivity contribution is 6.09. The van der Waals surface area contributed by atoms with Crippen LogP contribution < -0.4 is 0 Å². The van der Waals surface area contributed by atoms with Crippen LogP contribution in [0.4, 0.5) is 0 Å². The Balaban J connectivity index is 1.13. The number of rotatable bonds is 6. The van der Waals surface area contributed by atoms with Gasteiger partial charge in [-0.25, -0.2) is 15.0 Å². The third-order valence-corrected chi connectivity index (χ3v) is 9.32. The van der Waals surface area contributed by atoms with Gasteiger partial charge in [0, 0.05) is 33.2 Å². The maximum Gasteiger partial charge on any atom is 0.164 e. The molecule has 0 bridgehead atoms. The molecule has 9 rings (SSSR count). The molecular formula is C46H29N5. The summed E-state index contributed by atoms with van der Waals surface area (Å²) in [7, 11) is 0. The van der Waals surface area contributed by atoms with Crippen molar-refractivity contribution in [1.82, 2.24) is 19.5 Å². The van der Waals surface area contributed by atoms with E-state index in [1.807, 2.05) is 66.7 Å². The van der Waals surface area contributed by atoms with Crippen molar-refractivity contribution >= 4 is 21.8 Å². The molecule has 2 aromatic heterocycles. The molecule has 0 saturated carbocycles. The Kier molecular flexibility index (Phi) is 7.46. The van der Waals surface area contributed by atoms with Gasteiger partial charge in [0.15, 0.2) is 17.5 Å². The zero-order valence-electron chi connectivity index (χ0n) is 27.5. The fourth-order valence-corrected chi connectivity index (χ4v) is 6.73. The Morgan fingerprint density at radius 1 is 0.373 bits per heavy atom. The van der Waals surface area contributed by atoms with E-state index in [9.17, 15) is 5.26 Å². The zero-order valence-corrected chi connectivity index (χ0v) is 27.5. The molecule has 5 nitrogen and oxygen atoms in total.